The van der Waals surface area contributed by atoms with Crippen LogP contribution in [-0.4, -0.2) is 76.5 Å². The smallest absolute Gasteiger partial charge is 0.253 e. The van der Waals surface area contributed by atoms with E-state index in [1.165, 1.54) is 17.0 Å². The monoisotopic (exact) mass is 488 g/mol. The Balaban J connectivity index is 1.46. The summed E-state index contributed by atoms with van der Waals surface area (Å²) < 4.78 is 31.9. The molecule has 1 aliphatic heterocycles. The summed E-state index contributed by atoms with van der Waals surface area (Å²) in [6.07, 6.45) is -1.69. The highest BCUT2D eigenvalue weighted by Crippen LogP contribution is 2.22. The lowest BCUT2D eigenvalue weighted by atomic mass is 10.0. The van der Waals surface area contributed by atoms with Gasteiger partial charge >= 0.3 is 0 Å². The predicted octanol–water partition coefficient (Wildman–Crippen LogP) is -0.336. The summed E-state index contributed by atoms with van der Waals surface area (Å²) in [6, 6.07) is 16.3. The first-order valence-corrected chi connectivity index (χ1v) is 12.2. The van der Waals surface area contributed by atoms with Crippen molar-refractivity contribution in [3.63, 3.8) is 0 Å². The lowest BCUT2D eigenvalue weighted by Crippen LogP contribution is -2.49. The number of carbonyl (C=O) groups is 3. The summed E-state index contributed by atoms with van der Waals surface area (Å²) >= 11 is 0. The van der Waals surface area contributed by atoms with Crippen LogP contribution in [0.3, 0.4) is 0 Å². The minimum absolute atomic E-state index is 0.0227. The van der Waals surface area contributed by atoms with Gasteiger partial charge in [0.25, 0.3) is 11.8 Å². The van der Waals surface area contributed by atoms with Crippen molar-refractivity contribution in [2.75, 3.05) is 27.2 Å². The van der Waals surface area contributed by atoms with E-state index in [2.05, 4.69) is 15.4 Å². The Morgan fingerprint density at radius 2 is 1.50 bits per heavy atom. The lowest BCUT2D eigenvalue weighted by Gasteiger charge is -2.21. The Morgan fingerprint density at radius 1 is 0.912 bits per heavy atom. The number of epoxide rings is 1. The average molecular weight is 489 g/mol. The zero-order valence-electron chi connectivity index (χ0n) is 18.9. The maximum absolute atomic E-state index is 12.6. The van der Waals surface area contributed by atoms with Gasteiger partial charge in [-0.1, -0.05) is 48.5 Å². The van der Waals surface area contributed by atoms with Crippen molar-refractivity contribution in [3.05, 3.63) is 66.2 Å². The van der Waals surface area contributed by atoms with E-state index < -0.39 is 40.1 Å². The molecule has 10 nitrogen and oxygen atoms in total. The fourth-order valence-electron chi connectivity index (χ4n) is 3.28. The van der Waals surface area contributed by atoms with Crippen molar-refractivity contribution >= 4 is 27.7 Å². The number of nitrogens with one attached hydrogen (secondary N) is 3. The molecule has 11 heteroatoms. The summed E-state index contributed by atoms with van der Waals surface area (Å²) in [5, 5.41) is 5.21. The van der Waals surface area contributed by atoms with Crippen molar-refractivity contribution in [2.24, 2.45) is 0 Å². The van der Waals surface area contributed by atoms with Gasteiger partial charge in [-0.3, -0.25) is 14.4 Å². The van der Waals surface area contributed by atoms with Gasteiger partial charge in [0.2, 0.25) is 15.9 Å². The molecular weight excluding hydrogens is 460 g/mol. The molecule has 0 spiro atoms. The maximum Gasteiger partial charge on any atom is 0.253 e. The van der Waals surface area contributed by atoms with Crippen LogP contribution in [0.2, 0.25) is 0 Å². The second kappa shape index (κ2) is 11.2. The van der Waals surface area contributed by atoms with Crippen molar-refractivity contribution in [3.8, 4) is 0 Å². The fraction of sp³-hybridized carbons (Fsp3) is 0.348. The van der Waals surface area contributed by atoms with Gasteiger partial charge in [-0.15, -0.1) is 0 Å². The Kier molecular flexibility index (Phi) is 8.37. The Morgan fingerprint density at radius 3 is 2.12 bits per heavy atom. The normalized spacial score (nSPS) is 17.9. The van der Waals surface area contributed by atoms with Crippen molar-refractivity contribution in [1.82, 2.24) is 20.3 Å². The maximum atomic E-state index is 12.6. The standard InChI is InChI=1S/C23H28N4O6S/c1-27(2)23(30)18(15-16-9-5-3-6-10-16)26-22(29)20-19(33-20)21(28)24-13-14-25-34(31,32)17-11-7-4-8-12-17/h3-12,18-20,25H,13-15H2,1-2H3,(H,24,28)(H,26,29)/t18-,19?,20?/m0/s1. The molecule has 2 aromatic rings. The van der Waals surface area contributed by atoms with Crippen LogP contribution in [0.5, 0.6) is 0 Å². The van der Waals surface area contributed by atoms with Gasteiger partial charge in [-0.05, 0) is 17.7 Å². The zero-order valence-corrected chi connectivity index (χ0v) is 19.7. The molecule has 1 saturated heterocycles. The number of benzene rings is 2. The van der Waals surface area contributed by atoms with Gasteiger partial charge in [-0.2, -0.15) is 0 Å². The molecule has 0 aliphatic carbocycles. The Labute approximate surface area is 198 Å². The summed E-state index contributed by atoms with van der Waals surface area (Å²) in [6.45, 7) is -0.00210. The molecule has 1 aliphatic rings. The topological polar surface area (TPSA) is 137 Å². The summed E-state index contributed by atoms with van der Waals surface area (Å²) in [5.74, 6) is -1.36. The van der Waals surface area contributed by atoms with Crippen LogP contribution < -0.4 is 15.4 Å². The first-order valence-electron chi connectivity index (χ1n) is 10.7. The van der Waals surface area contributed by atoms with Gasteiger partial charge in [0.05, 0.1) is 4.90 Å². The second-order valence-electron chi connectivity index (χ2n) is 7.96. The van der Waals surface area contributed by atoms with Crippen molar-refractivity contribution in [1.29, 1.82) is 0 Å². The van der Waals surface area contributed by atoms with E-state index in [9.17, 15) is 22.8 Å². The number of rotatable bonds is 11. The molecule has 0 bridgehead atoms. The molecule has 0 aromatic heterocycles. The van der Waals surface area contributed by atoms with Crippen LogP contribution in [0.1, 0.15) is 5.56 Å². The van der Waals surface area contributed by atoms with E-state index in [-0.39, 0.29) is 23.9 Å². The number of ether oxygens (including phenoxy) is 1. The molecule has 0 radical (unpaired) electrons. The van der Waals surface area contributed by atoms with Gasteiger partial charge in [0.15, 0.2) is 12.2 Å². The van der Waals surface area contributed by atoms with Crippen LogP contribution in [0.15, 0.2) is 65.6 Å². The Bertz CT molecular complexity index is 1110. The van der Waals surface area contributed by atoms with Crippen LogP contribution in [-0.2, 0) is 35.6 Å². The summed E-state index contributed by atoms with van der Waals surface area (Å²) in [5.41, 5.74) is 0.881. The predicted molar refractivity (Wildman–Crippen MR) is 124 cm³/mol. The molecule has 34 heavy (non-hydrogen) atoms. The summed E-state index contributed by atoms with van der Waals surface area (Å²) in [4.78, 5) is 38.9. The quantitative estimate of drug-likeness (QED) is 0.292. The highest BCUT2D eigenvalue weighted by molar-refractivity contribution is 7.89. The number of hydrogen-bond acceptors (Lipinski definition) is 6. The molecule has 3 amide bonds. The zero-order chi connectivity index (χ0) is 24.7. The number of hydrogen-bond donors (Lipinski definition) is 3. The first kappa shape index (κ1) is 25.3. The molecule has 2 aromatic carbocycles. The van der Waals surface area contributed by atoms with E-state index in [1.807, 2.05) is 30.3 Å². The third-order valence-electron chi connectivity index (χ3n) is 5.12. The van der Waals surface area contributed by atoms with Gasteiger partial charge in [-0.25, -0.2) is 13.1 Å². The minimum atomic E-state index is -3.67. The first-order chi connectivity index (χ1) is 16.2. The van der Waals surface area contributed by atoms with E-state index in [0.717, 1.165) is 5.56 Å². The number of nitrogens with zero attached hydrogens (tertiary/aromatic N) is 1. The van der Waals surface area contributed by atoms with Gasteiger partial charge in [0.1, 0.15) is 6.04 Å². The average Bonchev–Trinajstić information content (AvgIpc) is 3.63. The number of carbonyl (C=O) groups excluding carboxylic acids is 3. The van der Waals surface area contributed by atoms with E-state index in [1.54, 1.807) is 32.3 Å². The lowest BCUT2D eigenvalue weighted by molar-refractivity contribution is -0.134. The number of likely N-dealkylation sites (N-methyl/N-ethyl adjacent to an activating group) is 1. The van der Waals surface area contributed by atoms with Crippen molar-refractivity contribution in [2.45, 2.75) is 29.6 Å². The van der Waals surface area contributed by atoms with Crippen LogP contribution in [0.4, 0.5) is 0 Å². The van der Waals surface area contributed by atoms with Crippen LogP contribution >= 0.6 is 0 Å². The molecule has 3 rings (SSSR count). The molecule has 3 N–H and O–H groups in total. The molecule has 3 atom stereocenters. The van der Waals surface area contributed by atoms with E-state index >= 15 is 0 Å². The highest BCUT2D eigenvalue weighted by Gasteiger charge is 2.50. The SMILES string of the molecule is CN(C)C(=O)[C@H](Cc1ccccc1)NC(=O)C1OC1C(=O)NCCNS(=O)(=O)c1ccccc1. The number of sulfonamides is 1. The summed E-state index contributed by atoms with van der Waals surface area (Å²) in [7, 11) is -0.475. The molecule has 1 fully saturated rings. The van der Waals surface area contributed by atoms with Gasteiger partial charge < -0.3 is 20.3 Å². The minimum Gasteiger partial charge on any atom is -0.352 e. The van der Waals surface area contributed by atoms with E-state index in [0.29, 0.717) is 6.42 Å². The molecule has 1 heterocycles. The third kappa shape index (κ3) is 6.86. The van der Waals surface area contributed by atoms with Gasteiger partial charge in [0, 0.05) is 33.6 Å². The molecule has 2 unspecified atom stereocenters. The third-order valence-corrected chi connectivity index (χ3v) is 6.59. The Hall–Kier alpha value is -3.28. The van der Waals surface area contributed by atoms with Crippen molar-refractivity contribution < 1.29 is 27.5 Å². The molecule has 182 valence electrons. The van der Waals surface area contributed by atoms with Crippen LogP contribution in [0.25, 0.3) is 0 Å². The molecule has 0 saturated carbocycles. The molecular formula is C23H28N4O6S. The largest absolute Gasteiger partial charge is 0.352 e. The second-order valence-corrected chi connectivity index (χ2v) is 9.73. The highest BCUT2D eigenvalue weighted by atomic mass is 32.2. The number of amides is 3. The fourth-order valence-corrected chi connectivity index (χ4v) is 4.33. The van der Waals surface area contributed by atoms with E-state index in [4.69, 9.17) is 4.74 Å². The van der Waals surface area contributed by atoms with Crippen LogP contribution in [0, 0.1) is 0 Å².